The Bertz CT molecular complexity index is 872. The smallest absolute Gasteiger partial charge is 0.191 e. The van der Waals surface area contributed by atoms with E-state index in [0.29, 0.717) is 32.1 Å². The Hall–Kier alpha value is -2.29. The topological polar surface area (TPSA) is 71.3 Å². The van der Waals surface area contributed by atoms with Crippen molar-refractivity contribution in [3.63, 3.8) is 0 Å². The molecule has 0 spiro atoms. The Labute approximate surface area is 194 Å². The van der Waals surface area contributed by atoms with E-state index in [-0.39, 0.29) is 31.1 Å². The molecule has 1 saturated heterocycles. The van der Waals surface area contributed by atoms with Gasteiger partial charge in [0.05, 0.1) is 18.9 Å². The fourth-order valence-corrected chi connectivity index (χ4v) is 4.29. The van der Waals surface area contributed by atoms with Gasteiger partial charge in [-0.1, -0.05) is 6.42 Å². The molecule has 7 nitrogen and oxygen atoms in total. The van der Waals surface area contributed by atoms with Crippen molar-refractivity contribution in [3.05, 3.63) is 53.2 Å². The van der Waals surface area contributed by atoms with Crippen LogP contribution in [0.5, 0.6) is 5.75 Å². The van der Waals surface area contributed by atoms with Crippen molar-refractivity contribution >= 4 is 18.4 Å². The number of halogens is 2. The SMILES string of the molecule is CN=C(NCCc1cc(F)cc2c1OCOC2)NCC(c1ccco1)N1CCCCC1.Cl. The van der Waals surface area contributed by atoms with Gasteiger partial charge in [0.2, 0.25) is 0 Å². The summed E-state index contributed by atoms with van der Waals surface area (Å²) in [7, 11) is 1.75. The molecule has 0 amide bonds. The van der Waals surface area contributed by atoms with Gasteiger partial charge in [-0.05, 0) is 62.2 Å². The second kappa shape index (κ2) is 12.1. The maximum atomic E-state index is 13.9. The molecule has 0 bridgehead atoms. The highest BCUT2D eigenvalue weighted by Crippen LogP contribution is 2.29. The number of ether oxygens (including phenoxy) is 2. The first-order valence-corrected chi connectivity index (χ1v) is 11.0. The lowest BCUT2D eigenvalue weighted by Crippen LogP contribution is -2.44. The van der Waals surface area contributed by atoms with Gasteiger partial charge in [0.1, 0.15) is 17.3 Å². The minimum absolute atomic E-state index is 0. The van der Waals surface area contributed by atoms with Gasteiger partial charge in [-0.3, -0.25) is 9.89 Å². The van der Waals surface area contributed by atoms with Crippen molar-refractivity contribution in [3.8, 4) is 5.75 Å². The quantitative estimate of drug-likeness (QED) is 0.479. The van der Waals surface area contributed by atoms with Crippen molar-refractivity contribution in [2.24, 2.45) is 4.99 Å². The maximum absolute atomic E-state index is 13.9. The van der Waals surface area contributed by atoms with Gasteiger partial charge in [0.25, 0.3) is 0 Å². The molecule has 2 aromatic rings. The summed E-state index contributed by atoms with van der Waals surface area (Å²) in [4.78, 5) is 6.82. The van der Waals surface area contributed by atoms with Gasteiger partial charge >= 0.3 is 0 Å². The maximum Gasteiger partial charge on any atom is 0.191 e. The summed E-state index contributed by atoms with van der Waals surface area (Å²) >= 11 is 0. The third-order valence-electron chi connectivity index (χ3n) is 5.83. The second-order valence-corrected chi connectivity index (χ2v) is 7.92. The molecule has 1 atom stereocenters. The molecular formula is C23H32ClFN4O3. The number of furan rings is 1. The molecule has 9 heteroatoms. The Morgan fingerprint density at radius 3 is 2.81 bits per heavy atom. The molecule has 3 heterocycles. The number of piperidine rings is 1. The summed E-state index contributed by atoms with van der Waals surface area (Å²) in [6, 6.07) is 7.14. The summed E-state index contributed by atoms with van der Waals surface area (Å²) in [5.41, 5.74) is 1.59. The van der Waals surface area contributed by atoms with Crippen molar-refractivity contribution < 1.29 is 18.3 Å². The van der Waals surface area contributed by atoms with Crippen LogP contribution in [0.15, 0.2) is 39.9 Å². The van der Waals surface area contributed by atoms with Crippen molar-refractivity contribution in [1.29, 1.82) is 0 Å². The van der Waals surface area contributed by atoms with Crippen LogP contribution in [0.1, 0.15) is 42.2 Å². The number of hydrogen-bond donors (Lipinski definition) is 2. The largest absolute Gasteiger partial charge is 0.468 e. The number of nitrogens with one attached hydrogen (secondary N) is 2. The molecule has 0 aliphatic carbocycles. The number of fused-ring (bicyclic) bond motifs is 1. The molecule has 1 aromatic carbocycles. The van der Waals surface area contributed by atoms with Crippen LogP contribution in [0.2, 0.25) is 0 Å². The average Bonchev–Trinajstić information content (AvgIpc) is 3.33. The van der Waals surface area contributed by atoms with Gasteiger partial charge in [0, 0.05) is 25.7 Å². The molecule has 2 N–H and O–H groups in total. The third-order valence-corrected chi connectivity index (χ3v) is 5.83. The van der Waals surface area contributed by atoms with Crippen molar-refractivity contribution in [2.45, 2.75) is 38.3 Å². The highest BCUT2D eigenvalue weighted by atomic mass is 35.5. The van der Waals surface area contributed by atoms with Crippen LogP contribution >= 0.6 is 12.4 Å². The molecule has 4 rings (SSSR count). The molecule has 1 aromatic heterocycles. The molecule has 2 aliphatic rings. The molecule has 176 valence electrons. The highest BCUT2D eigenvalue weighted by molar-refractivity contribution is 5.85. The first kappa shape index (κ1) is 24.4. The Balaban J connectivity index is 0.00000289. The number of nitrogens with zero attached hydrogens (tertiary/aromatic N) is 2. The van der Waals surface area contributed by atoms with Crippen LogP contribution in [-0.2, 0) is 17.8 Å². The van der Waals surface area contributed by atoms with E-state index in [1.165, 1.54) is 31.4 Å². The molecule has 0 saturated carbocycles. The third kappa shape index (κ3) is 6.15. The second-order valence-electron chi connectivity index (χ2n) is 7.92. The van der Waals surface area contributed by atoms with Crippen molar-refractivity contribution in [2.75, 3.05) is 40.0 Å². The van der Waals surface area contributed by atoms with E-state index in [4.69, 9.17) is 13.9 Å². The summed E-state index contributed by atoms with van der Waals surface area (Å²) in [6.45, 7) is 4.03. The van der Waals surface area contributed by atoms with Gasteiger partial charge in [-0.15, -0.1) is 12.4 Å². The highest BCUT2D eigenvalue weighted by Gasteiger charge is 2.24. The standard InChI is InChI=1S/C23H31FN4O3.ClH/c1-25-23(26-8-7-17-12-19(24)13-18-15-29-16-31-22(17)18)27-14-20(21-6-5-11-30-21)28-9-3-2-4-10-28;/h5-6,11-13,20H,2-4,7-10,14-16H2,1H3,(H2,25,26,27);1H. The number of benzene rings is 1. The molecule has 2 aliphatic heterocycles. The van der Waals surface area contributed by atoms with Gasteiger partial charge in [0.15, 0.2) is 12.8 Å². The minimum atomic E-state index is -0.270. The van der Waals surface area contributed by atoms with Crippen LogP contribution in [0.3, 0.4) is 0 Å². The lowest BCUT2D eigenvalue weighted by Gasteiger charge is -2.33. The fraction of sp³-hybridized carbons (Fsp3) is 0.522. The first-order chi connectivity index (χ1) is 15.2. The summed E-state index contributed by atoms with van der Waals surface area (Å²) in [5, 5.41) is 6.76. The number of hydrogen-bond acceptors (Lipinski definition) is 5. The van der Waals surface area contributed by atoms with Crippen LogP contribution in [0, 0.1) is 5.82 Å². The van der Waals surface area contributed by atoms with E-state index in [1.807, 2.05) is 12.1 Å². The molecule has 32 heavy (non-hydrogen) atoms. The lowest BCUT2D eigenvalue weighted by molar-refractivity contribution is -0.0172. The number of aliphatic imine (C=N–C) groups is 1. The van der Waals surface area contributed by atoms with Gasteiger partial charge < -0.3 is 24.5 Å². The van der Waals surface area contributed by atoms with Crippen LogP contribution in [-0.4, -0.2) is 50.9 Å². The van der Waals surface area contributed by atoms with Gasteiger partial charge in [-0.2, -0.15) is 0 Å². The van der Waals surface area contributed by atoms with E-state index in [2.05, 4.69) is 20.5 Å². The zero-order valence-corrected chi connectivity index (χ0v) is 19.3. The van der Waals surface area contributed by atoms with E-state index in [9.17, 15) is 4.39 Å². The summed E-state index contributed by atoms with van der Waals surface area (Å²) in [5.74, 6) is 2.15. The Morgan fingerprint density at radius 1 is 1.22 bits per heavy atom. The Morgan fingerprint density at radius 2 is 2.06 bits per heavy atom. The first-order valence-electron chi connectivity index (χ1n) is 11.0. The predicted octanol–water partition coefficient (Wildman–Crippen LogP) is 3.64. The zero-order chi connectivity index (χ0) is 21.5. The zero-order valence-electron chi connectivity index (χ0n) is 18.4. The predicted molar refractivity (Wildman–Crippen MR) is 124 cm³/mol. The molecule has 1 unspecified atom stereocenters. The van der Waals surface area contributed by atoms with Crippen molar-refractivity contribution in [1.82, 2.24) is 15.5 Å². The van der Waals surface area contributed by atoms with Crippen LogP contribution < -0.4 is 15.4 Å². The summed E-state index contributed by atoms with van der Waals surface area (Å²) < 4.78 is 30.5. The monoisotopic (exact) mass is 466 g/mol. The number of likely N-dealkylation sites (tertiary alicyclic amines) is 1. The van der Waals surface area contributed by atoms with Gasteiger partial charge in [-0.25, -0.2) is 4.39 Å². The minimum Gasteiger partial charge on any atom is -0.468 e. The fourth-order valence-electron chi connectivity index (χ4n) is 4.29. The number of guanidine groups is 1. The normalized spacial score (nSPS) is 17.6. The average molecular weight is 467 g/mol. The van der Waals surface area contributed by atoms with Crippen LogP contribution in [0.4, 0.5) is 4.39 Å². The van der Waals surface area contributed by atoms with Crippen LogP contribution in [0.25, 0.3) is 0 Å². The summed E-state index contributed by atoms with van der Waals surface area (Å²) in [6.07, 6.45) is 6.07. The molecule has 0 radical (unpaired) electrons. The molecule has 1 fully saturated rings. The van der Waals surface area contributed by atoms with E-state index in [0.717, 1.165) is 35.7 Å². The van der Waals surface area contributed by atoms with E-state index < -0.39 is 0 Å². The lowest BCUT2D eigenvalue weighted by atomic mass is 10.1. The number of rotatable bonds is 7. The van der Waals surface area contributed by atoms with E-state index in [1.54, 1.807) is 13.3 Å². The Kier molecular flexibility index (Phi) is 9.20. The molecular weight excluding hydrogens is 435 g/mol. The van der Waals surface area contributed by atoms with E-state index >= 15 is 0 Å².